The monoisotopic (exact) mass is 354 g/mol. The summed E-state index contributed by atoms with van der Waals surface area (Å²) < 4.78 is 5.78. The van der Waals surface area contributed by atoms with E-state index in [1.807, 2.05) is 37.4 Å². The lowest BCUT2D eigenvalue weighted by molar-refractivity contribution is -0.143. The van der Waals surface area contributed by atoms with Gasteiger partial charge in [0.2, 0.25) is 17.7 Å². The van der Waals surface area contributed by atoms with Gasteiger partial charge < -0.3 is 9.32 Å². The van der Waals surface area contributed by atoms with Crippen molar-refractivity contribution in [3.63, 3.8) is 0 Å². The molecule has 1 aliphatic carbocycles. The Bertz CT molecular complexity index is 746. The van der Waals surface area contributed by atoms with Crippen LogP contribution in [0.3, 0.4) is 0 Å². The topological polar surface area (TPSA) is 62.5 Å². The molecule has 138 valence electrons. The first kappa shape index (κ1) is 17.2. The van der Waals surface area contributed by atoms with Crippen molar-refractivity contribution in [1.82, 2.24) is 20.0 Å². The highest BCUT2D eigenvalue weighted by atomic mass is 16.4. The van der Waals surface area contributed by atoms with Crippen LogP contribution in [0.4, 0.5) is 0 Å². The van der Waals surface area contributed by atoms with Crippen LogP contribution >= 0.6 is 0 Å². The van der Waals surface area contributed by atoms with Gasteiger partial charge in [-0.3, -0.25) is 9.69 Å². The van der Waals surface area contributed by atoms with Gasteiger partial charge in [-0.25, -0.2) is 0 Å². The first-order valence-electron chi connectivity index (χ1n) is 9.57. The fourth-order valence-corrected chi connectivity index (χ4v) is 4.42. The smallest absolute Gasteiger partial charge is 0.247 e. The summed E-state index contributed by atoms with van der Waals surface area (Å²) in [5, 5.41) is 8.26. The standard InChI is InChI=1S/C20H26N4O2/c1-23(15-17-21-22-18(26-17)16-9-3-2-4-10-16)19(25)20(11-5-6-12-20)24-13-7-8-14-24/h2-4,9-10H,5-8,11-15H2,1H3. The molecule has 1 amide bonds. The highest BCUT2D eigenvalue weighted by molar-refractivity contribution is 5.86. The third-order valence-corrected chi connectivity index (χ3v) is 5.75. The molecule has 1 aromatic heterocycles. The molecule has 0 atom stereocenters. The third-order valence-electron chi connectivity index (χ3n) is 5.75. The molecule has 6 heteroatoms. The second-order valence-corrected chi connectivity index (χ2v) is 7.46. The lowest BCUT2D eigenvalue weighted by Gasteiger charge is -2.39. The quantitative estimate of drug-likeness (QED) is 0.826. The Balaban J connectivity index is 1.48. The van der Waals surface area contributed by atoms with Crippen LogP contribution in [0.25, 0.3) is 11.5 Å². The number of hydrogen-bond donors (Lipinski definition) is 0. The van der Waals surface area contributed by atoms with E-state index in [-0.39, 0.29) is 11.4 Å². The van der Waals surface area contributed by atoms with Gasteiger partial charge in [-0.15, -0.1) is 10.2 Å². The van der Waals surface area contributed by atoms with E-state index in [1.165, 1.54) is 12.8 Å². The molecule has 0 spiro atoms. The summed E-state index contributed by atoms with van der Waals surface area (Å²) in [6.07, 6.45) is 6.60. The molecule has 1 aliphatic heterocycles. The van der Waals surface area contributed by atoms with E-state index in [4.69, 9.17) is 4.42 Å². The highest BCUT2D eigenvalue weighted by Gasteiger charge is 2.48. The molecule has 26 heavy (non-hydrogen) atoms. The van der Waals surface area contributed by atoms with Gasteiger partial charge in [0.15, 0.2) is 0 Å². The summed E-state index contributed by atoms with van der Waals surface area (Å²) in [6.45, 7) is 2.44. The summed E-state index contributed by atoms with van der Waals surface area (Å²) in [4.78, 5) is 17.5. The minimum Gasteiger partial charge on any atom is -0.419 e. The number of carbonyl (C=O) groups excluding carboxylic acids is 1. The van der Waals surface area contributed by atoms with E-state index in [0.29, 0.717) is 18.3 Å². The molecule has 6 nitrogen and oxygen atoms in total. The maximum Gasteiger partial charge on any atom is 0.247 e. The molecule has 1 saturated carbocycles. The average Bonchev–Trinajstić information content (AvgIpc) is 3.42. The molecule has 1 saturated heterocycles. The normalized spacial score (nSPS) is 19.7. The van der Waals surface area contributed by atoms with Crippen LogP contribution in [0, 0.1) is 0 Å². The van der Waals surface area contributed by atoms with Crippen molar-refractivity contribution in [3.8, 4) is 11.5 Å². The minimum atomic E-state index is -0.312. The van der Waals surface area contributed by atoms with Gasteiger partial charge in [-0.1, -0.05) is 31.0 Å². The van der Waals surface area contributed by atoms with Gasteiger partial charge in [0.1, 0.15) is 5.54 Å². The predicted molar refractivity (Wildman–Crippen MR) is 98.2 cm³/mol. The summed E-state index contributed by atoms with van der Waals surface area (Å²) in [6, 6.07) is 9.70. The van der Waals surface area contributed by atoms with Crippen LogP contribution < -0.4 is 0 Å². The van der Waals surface area contributed by atoms with Gasteiger partial charge >= 0.3 is 0 Å². The minimum absolute atomic E-state index is 0.205. The summed E-state index contributed by atoms with van der Waals surface area (Å²) in [7, 11) is 1.85. The molecule has 0 unspecified atom stereocenters. The average molecular weight is 354 g/mol. The van der Waals surface area contributed by atoms with E-state index >= 15 is 0 Å². The van der Waals surface area contributed by atoms with Gasteiger partial charge in [0, 0.05) is 12.6 Å². The Hall–Kier alpha value is -2.21. The first-order valence-corrected chi connectivity index (χ1v) is 9.57. The lowest BCUT2D eigenvalue weighted by Crippen LogP contribution is -2.56. The van der Waals surface area contributed by atoms with Crippen molar-refractivity contribution in [1.29, 1.82) is 0 Å². The molecule has 0 radical (unpaired) electrons. The zero-order chi connectivity index (χ0) is 18.0. The van der Waals surface area contributed by atoms with Crippen LogP contribution in [0.1, 0.15) is 44.4 Å². The van der Waals surface area contributed by atoms with Crippen LogP contribution in [0.15, 0.2) is 34.7 Å². The molecule has 2 aromatic rings. The molecule has 0 N–H and O–H groups in total. The lowest BCUT2D eigenvalue weighted by atomic mass is 9.93. The first-order chi connectivity index (χ1) is 12.7. The Labute approximate surface area is 154 Å². The van der Waals surface area contributed by atoms with Crippen molar-refractivity contribution < 1.29 is 9.21 Å². The number of rotatable bonds is 5. The molecule has 2 fully saturated rings. The van der Waals surface area contributed by atoms with E-state index in [9.17, 15) is 4.79 Å². The largest absolute Gasteiger partial charge is 0.419 e. The Morgan fingerprint density at radius 2 is 1.81 bits per heavy atom. The van der Waals surface area contributed by atoms with Crippen LogP contribution in [-0.4, -0.2) is 51.6 Å². The van der Waals surface area contributed by atoms with Gasteiger partial charge in [0.05, 0.1) is 6.54 Å². The number of hydrogen-bond acceptors (Lipinski definition) is 5. The summed E-state index contributed by atoms with van der Waals surface area (Å²) in [5.41, 5.74) is 0.581. The number of likely N-dealkylation sites (N-methyl/N-ethyl adjacent to an activating group) is 1. The summed E-state index contributed by atoms with van der Waals surface area (Å²) >= 11 is 0. The number of aromatic nitrogens is 2. The predicted octanol–water partition coefficient (Wildman–Crippen LogP) is 3.10. The fourth-order valence-electron chi connectivity index (χ4n) is 4.42. The molecule has 0 bridgehead atoms. The number of carbonyl (C=O) groups is 1. The van der Waals surface area contributed by atoms with Gasteiger partial charge in [0.25, 0.3) is 0 Å². The van der Waals surface area contributed by atoms with Gasteiger partial charge in [-0.05, 0) is 50.9 Å². The maximum absolute atomic E-state index is 13.3. The maximum atomic E-state index is 13.3. The van der Waals surface area contributed by atoms with E-state index in [2.05, 4.69) is 15.1 Å². The molecule has 2 aliphatic rings. The van der Waals surface area contributed by atoms with Crippen LogP contribution in [0.2, 0.25) is 0 Å². The second kappa shape index (κ2) is 7.19. The number of likely N-dealkylation sites (tertiary alicyclic amines) is 1. The highest BCUT2D eigenvalue weighted by Crippen LogP contribution is 2.39. The van der Waals surface area contributed by atoms with E-state index < -0.39 is 0 Å². The van der Waals surface area contributed by atoms with Crippen molar-refractivity contribution in [2.45, 2.75) is 50.6 Å². The number of amides is 1. The zero-order valence-electron chi connectivity index (χ0n) is 15.4. The van der Waals surface area contributed by atoms with Crippen LogP contribution in [0.5, 0.6) is 0 Å². The second-order valence-electron chi connectivity index (χ2n) is 7.46. The molecule has 2 heterocycles. The Morgan fingerprint density at radius 1 is 1.12 bits per heavy atom. The number of nitrogens with zero attached hydrogens (tertiary/aromatic N) is 4. The van der Waals surface area contributed by atoms with E-state index in [1.54, 1.807) is 4.90 Å². The molecule has 1 aromatic carbocycles. The van der Waals surface area contributed by atoms with Gasteiger partial charge in [-0.2, -0.15) is 0 Å². The molecule has 4 rings (SSSR count). The van der Waals surface area contributed by atoms with Crippen molar-refractivity contribution in [2.75, 3.05) is 20.1 Å². The SMILES string of the molecule is CN(Cc1nnc(-c2ccccc2)o1)C(=O)C1(N2CCCC2)CCCC1. The third kappa shape index (κ3) is 3.14. The van der Waals surface area contributed by atoms with Crippen molar-refractivity contribution in [3.05, 3.63) is 36.2 Å². The van der Waals surface area contributed by atoms with Crippen LogP contribution in [-0.2, 0) is 11.3 Å². The Morgan fingerprint density at radius 3 is 2.50 bits per heavy atom. The Kier molecular flexibility index (Phi) is 4.76. The molecular formula is C20H26N4O2. The van der Waals surface area contributed by atoms with Crippen molar-refractivity contribution in [2.24, 2.45) is 0 Å². The summed E-state index contributed by atoms with van der Waals surface area (Å²) in [5.74, 6) is 1.18. The fraction of sp³-hybridized carbons (Fsp3) is 0.550. The zero-order valence-corrected chi connectivity index (χ0v) is 15.4. The van der Waals surface area contributed by atoms with E-state index in [0.717, 1.165) is 44.3 Å². The number of benzene rings is 1. The molecular weight excluding hydrogens is 328 g/mol. The van der Waals surface area contributed by atoms with Crippen molar-refractivity contribution >= 4 is 5.91 Å².